The third kappa shape index (κ3) is 2.38. The van der Waals surface area contributed by atoms with Crippen molar-refractivity contribution in [3.8, 4) is 5.75 Å². The number of benzene rings is 2. The maximum Gasteiger partial charge on any atom is 0.214 e. The molecule has 1 heterocycles. The van der Waals surface area contributed by atoms with Crippen molar-refractivity contribution in [1.82, 2.24) is 4.98 Å². The van der Waals surface area contributed by atoms with Crippen LogP contribution in [0.5, 0.6) is 5.75 Å². The lowest BCUT2D eigenvalue weighted by Crippen LogP contribution is -1.98. The molecule has 2 N–H and O–H groups in total. The van der Waals surface area contributed by atoms with Crippen molar-refractivity contribution in [2.45, 2.75) is 13.5 Å². The minimum absolute atomic E-state index is 0.253. The van der Waals surface area contributed by atoms with Crippen molar-refractivity contribution < 1.29 is 9.52 Å². The fourth-order valence-electron chi connectivity index (χ4n) is 1.96. The first-order valence-corrected chi connectivity index (χ1v) is 6.10. The number of hydrogen-bond acceptors (Lipinski definition) is 4. The molecule has 4 nitrogen and oxygen atoms in total. The van der Waals surface area contributed by atoms with E-state index in [1.165, 1.54) is 0 Å². The van der Waals surface area contributed by atoms with E-state index < -0.39 is 0 Å². The molecule has 0 aliphatic rings. The molecular formula is C15H14N2O2. The molecule has 96 valence electrons. The SMILES string of the molecule is Cc1cccc2oc(CNc3ccc(O)cc3)nc12. The zero-order chi connectivity index (χ0) is 13.2. The van der Waals surface area contributed by atoms with Gasteiger partial charge in [0.15, 0.2) is 5.58 Å². The number of aromatic nitrogens is 1. The Morgan fingerprint density at radius 2 is 1.95 bits per heavy atom. The summed E-state index contributed by atoms with van der Waals surface area (Å²) >= 11 is 0. The molecule has 1 aromatic heterocycles. The van der Waals surface area contributed by atoms with Crippen LogP contribution in [-0.2, 0) is 6.54 Å². The molecule has 0 atom stereocenters. The number of nitrogens with one attached hydrogen (secondary N) is 1. The predicted molar refractivity (Wildman–Crippen MR) is 74.2 cm³/mol. The number of nitrogens with zero attached hydrogens (tertiary/aromatic N) is 1. The quantitative estimate of drug-likeness (QED) is 0.703. The molecule has 2 aromatic carbocycles. The van der Waals surface area contributed by atoms with Crippen LogP contribution < -0.4 is 5.32 Å². The molecule has 0 spiro atoms. The molecule has 0 bridgehead atoms. The Kier molecular flexibility index (Phi) is 2.83. The molecule has 0 amide bonds. The molecular weight excluding hydrogens is 240 g/mol. The lowest BCUT2D eigenvalue weighted by atomic mass is 10.2. The summed E-state index contributed by atoms with van der Waals surface area (Å²) in [5, 5.41) is 12.4. The summed E-state index contributed by atoms with van der Waals surface area (Å²) in [6.07, 6.45) is 0. The average molecular weight is 254 g/mol. The van der Waals surface area contributed by atoms with Gasteiger partial charge in [-0.05, 0) is 42.8 Å². The molecule has 4 heteroatoms. The normalized spacial score (nSPS) is 10.8. The van der Waals surface area contributed by atoms with Crippen molar-refractivity contribution in [2.75, 3.05) is 5.32 Å². The maximum absolute atomic E-state index is 9.21. The Balaban J connectivity index is 1.78. The van der Waals surface area contributed by atoms with Crippen LogP contribution in [0.3, 0.4) is 0 Å². The molecule has 0 fully saturated rings. The minimum Gasteiger partial charge on any atom is -0.508 e. The van der Waals surface area contributed by atoms with E-state index in [4.69, 9.17) is 4.42 Å². The van der Waals surface area contributed by atoms with Crippen LogP contribution >= 0.6 is 0 Å². The molecule has 0 aliphatic heterocycles. The average Bonchev–Trinajstić information content (AvgIpc) is 2.83. The van der Waals surface area contributed by atoms with E-state index >= 15 is 0 Å². The van der Waals surface area contributed by atoms with E-state index in [9.17, 15) is 5.11 Å². The molecule has 0 saturated carbocycles. The highest BCUT2D eigenvalue weighted by atomic mass is 16.3. The van der Waals surface area contributed by atoms with E-state index in [0.717, 1.165) is 22.4 Å². The summed E-state index contributed by atoms with van der Waals surface area (Å²) in [5.74, 6) is 0.903. The number of anilines is 1. The Hall–Kier alpha value is -2.49. The molecule has 3 rings (SSSR count). The Labute approximate surface area is 110 Å². The molecule has 3 aromatic rings. The van der Waals surface area contributed by atoms with E-state index in [0.29, 0.717) is 12.4 Å². The van der Waals surface area contributed by atoms with Crippen LogP contribution in [0.1, 0.15) is 11.5 Å². The van der Waals surface area contributed by atoms with Crippen LogP contribution in [0, 0.1) is 6.92 Å². The molecule has 0 unspecified atom stereocenters. The number of phenolic OH excluding ortho intramolecular Hbond substituents is 1. The van der Waals surface area contributed by atoms with Gasteiger partial charge in [0.2, 0.25) is 5.89 Å². The van der Waals surface area contributed by atoms with Gasteiger partial charge in [-0.3, -0.25) is 0 Å². The standard InChI is InChI=1S/C15H14N2O2/c1-10-3-2-4-13-15(10)17-14(19-13)9-16-11-5-7-12(18)8-6-11/h2-8,16,18H,9H2,1H3. The van der Waals surface area contributed by atoms with Crippen LogP contribution in [-0.4, -0.2) is 10.1 Å². The number of rotatable bonds is 3. The second-order valence-corrected chi connectivity index (χ2v) is 4.43. The molecule has 0 saturated heterocycles. The van der Waals surface area contributed by atoms with Crippen LogP contribution in [0.25, 0.3) is 11.1 Å². The number of aryl methyl sites for hydroxylation is 1. The smallest absolute Gasteiger partial charge is 0.214 e. The number of oxazole rings is 1. The summed E-state index contributed by atoms with van der Waals surface area (Å²) in [5.41, 5.74) is 3.74. The first kappa shape index (κ1) is 11.6. The Morgan fingerprint density at radius 3 is 2.68 bits per heavy atom. The number of aromatic hydroxyl groups is 1. The van der Waals surface area contributed by atoms with Crippen molar-refractivity contribution in [2.24, 2.45) is 0 Å². The zero-order valence-corrected chi connectivity index (χ0v) is 10.6. The second-order valence-electron chi connectivity index (χ2n) is 4.43. The zero-order valence-electron chi connectivity index (χ0n) is 10.6. The van der Waals surface area contributed by atoms with Crippen molar-refractivity contribution in [3.63, 3.8) is 0 Å². The topological polar surface area (TPSA) is 58.3 Å². The van der Waals surface area contributed by atoms with Gasteiger partial charge >= 0.3 is 0 Å². The number of hydrogen-bond donors (Lipinski definition) is 2. The fourth-order valence-corrected chi connectivity index (χ4v) is 1.96. The molecule has 0 radical (unpaired) electrons. The fraction of sp³-hybridized carbons (Fsp3) is 0.133. The summed E-state index contributed by atoms with van der Waals surface area (Å²) < 4.78 is 5.67. The summed E-state index contributed by atoms with van der Waals surface area (Å²) in [7, 11) is 0. The summed E-state index contributed by atoms with van der Waals surface area (Å²) in [4.78, 5) is 4.47. The van der Waals surface area contributed by atoms with Crippen LogP contribution in [0.2, 0.25) is 0 Å². The maximum atomic E-state index is 9.21. The third-order valence-electron chi connectivity index (χ3n) is 2.98. The van der Waals surface area contributed by atoms with E-state index in [1.807, 2.05) is 37.3 Å². The molecule has 0 aliphatic carbocycles. The Bertz CT molecular complexity index is 702. The number of fused-ring (bicyclic) bond motifs is 1. The van der Waals surface area contributed by atoms with Gasteiger partial charge in [0, 0.05) is 5.69 Å². The van der Waals surface area contributed by atoms with Crippen molar-refractivity contribution >= 4 is 16.8 Å². The minimum atomic E-state index is 0.253. The lowest BCUT2D eigenvalue weighted by molar-refractivity contribution is 0.475. The van der Waals surface area contributed by atoms with E-state index in [2.05, 4.69) is 10.3 Å². The van der Waals surface area contributed by atoms with Crippen LogP contribution in [0.4, 0.5) is 5.69 Å². The van der Waals surface area contributed by atoms with Gasteiger partial charge in [0.25, 0.3) is 0 Å². The first-order chi connectivity index (χ1) is 9.22. The second kappa shape index (κ2) is 4.65. The predicted octanol–water partition coefficient (Wildman–Crippen LogP) is 3.45. The lowest BCUT2D eigenvalue weighted by Gasteiger charge is -2.02. The van der Waals surface area contributed by atoms with Crippen molar-refractivity contribution in [3.05, 3.63) is 53.9 Å². The van der Waals surface area contributed by atoms with Gasteiger partial charge in [0.05, 0.1) is 6.54 Å². The van der Waals surface area contributed by atoms with Gasteiger partial charge in [-0.15, -0.1) is 0 Å². The first-order valence-electron chi connectivity index (χ1n) is 6.10. The monoisotopic (exact) mass is 254 g/mol. The van der Waals surface area contributed by atoms with E-state index in [-0.39, 0.29) is 5.75 Å². The number of para-hydroxylation sites is 1. The highest BCUT2D eigenvalue weighted by Crippen LogP contribution is 2.20. The van der Waals surface area contributed by atoms with Gasteiger partial charge < -0.3 is 14.8 Å². The molecule has 19 heavy (non-hydrogen) atoms. The summed E-state index contributed by atoms with van der Waals surface area (Å²) in [6, 6.07) is 12.8. The van der Waals surface area contributed by atoms with Crippen molar-refractivity contribution in [1.29, 1.82) is 0 Å². The highest BCUT2D eigenvalue weighted by Gasteiger charge is 2.07. The highest BCUT2D eigenvalue weighted by molar-refractivity contribution is 5.76. The summed E-state index contributed by atoms with van der Waals surface area (Å²) in [6.45, 7) is 2.53. The Morgan fingerprint density at radius 1 is 1.16 bits per heavy atom. The van der Waals surface area contributed by atoms with Gasteiger partial charge in [-0.1, -0.05) is 12.1 Å². The largest absolute Gasteiger partial charge is 0.508 e. The number of phenols is 1. The third-order valence-corrected chi connectivity index (χ3v) is 2.98. The van der Waals surface area contributed by atoms with Crippen LogP contribution in [0.15, 0.2) is 46.9 Å². The van der Waals surface area contributed by atoms with Gasteiger partial charge in [-0.25, -0.2) is 4.98 Å². The van der Waals surface area contributed by atoms with Gasteiger partial charge in [-0.2, -0.15) is 0 Å². The van der Waals surface area contributed by atoms with E-state index in [1.54, 1.807) is 12.1 Å². The van der Waals surface area contributed by atoms with Gasteiger partial charge in [0.1, 0.15) is 11.3 Å².